The van der Waals surface area contributed by atoms with Gasteiger partial charge in [0.05, 0.1) is 5.69 Å². The number of azo groups is 1. The molecule has 0 fully saturated rings. The molecule has 0 unspecified atom stereocenters. The van der Waals surface area contributed by atoms with Crippen LogP contribution in [0.5, 0.6) is 0 Å². The number of nitrogens with two attached hydrogens (primary N) is 2. The summed E-state index contributed by atoms with van der Waals surface area (Å²) in [5.74, 6) is -0.130. The Morgan fingerprint density at radius 1 is 1.33 bits per heavy atom. The van der Waals surface area contributed by atoms with Gasteiger partial charge >= 0.3 is 0 Å². The first-order valence-corrected chi connectivity index (χ1v) is 6.66. The predicted molar refractivity (Wildman–Crippen MR) is 83.4 cm³/mol. The number of rotatable bonds is 3. The first kappa shape index (κ1) is 15.0. The smallest absolute Gasteiger partial charge is 0.282 e. The zero-order valence-corrected chi connectivity index (χ0v) is 12.4. The third kappa shape index (κ3) is 3.19. The molecule has 0 atom stereocenters. The third-order valence-electron chi connectivity index (χ3n) is 2.94. The summed E-state index contributed by atoms with van der Waals surface area (Å²) in [6.45, 7) is 3.85. The molecule has 0 aliphatic carbocycles. The van der Waals surface area contributed by atoms with Gasteiger partial charge in [0.2, 0.25) is 5.95 Å². The van der Waals surface area contributed by atoms with Gasteiger partial charge in [-0.1, -0.05) is 18.5 Å². The van der Waals surface area contributed by atoms with Crippen molar-refractivity contribution >= 4 is 34.7 Å². The molecule has 21 heavy (non-hydrogen) atoms. The Balaban J connectivity index is 2.45. The first-order chi connectivity index (χ1) is 9.92. The van der Waals surface area contributed by atoms with Crippen LogP contribution in [-0.4, -0.2) is 9.97 Å². The van der Waals surface area contributed by atoms with E-state index in [4.69, 9.17) is 23.1 Å². The van der Waals surface area contributed by atoms with E-state index in [-0.39, 0.29) is 17.5 Å². The van der Waals surface area contributed by atoms with Crippen LogP contribution in [0.25, 0.3) is 0 Å². The first-order valence-electron chi connectivity index (χ1n) is 6.28. The summed E-state index contributed by atoms with van der Waals surface area (Å²) in [5.41, 5.74) is 12.8. The van der Waals surface area contributed by atoms with Crippen LogP contribution >= 0.6 is 11.6 Å². The SMILES string of the molecule is CCc1cc(N=Nc2c(N)nc(N)[nH]c2=O)c(C)cc1Cl. The molecule has 0 aliphatic heterocycles. The Morgan fingerprint density at radius 2 is 2.05 bits per heavy atom. The van der Waals surface area contributed by atoms with Gasteiger partial charge in [0.15, 0.2) is 11.5 Å². The Kier molecular flexibility index (Phi) is 4.23. The summed E-state index contributed by atoms with van der Waals surface area (Å²) in [7, 11) is 0. The fraction of sp³-hybridized carbons (Fsp3) is 0.231. The Bertz CT molecular complexity index is 768. The van der Waals surface area contributed by atoms with Crippen LogP contribution in [0.4, 0.5) is 23.1 Å². The number of aromatic nitrogens is 2. The zero-order chi connectivity index (χ0) is 15.6. The van der Waals surface area contributed by atoms with Crippen LogP contribution in [-0.2, 0) is 6.42 Å². The van der Waals surface area contributed by atoms with Gasteiger partial charge in [0.1, 0.15) is 0 Å². The number of aryl methyl sites for hydroxylation is 2. The largest absolute Gasteiger partial charge is 0.382 e. The second-order valence-electron chi connectivity index (χ2n) is 4.47. The van der Waals surface area contributed by atoms with E-state index in [0.29, 0.717) is 10.7 Å². The van der Waals surface area contributed by atoms with Crippen molar-refractivity contribution in [3.63, 3.8) is 0 Å². The van der Waals surface area contributed by atoms with Crippen LogP contribution in [0.2, 0.25) is 5.02 Å². The quantitative estimate of drug-likeness (QED) is 0.754. The van der Waals surface area contributed by atoms with Gasteiger partial charge in [-0.25, -0.2) is 0 Å². The lowest BCUT2D eigenvalue weighted by atomic mass is 10.1. The molecule has 0 amide bonds. The summed E-state index contributed by atoms with van der Waals surface area (Å²) < 4.78 is 0. The molecule has 2 rings (SSSR count). The minimum absolute atomic E-state index is 0.0626. The molecule has 0 radical (unpaired) electrons. The van der Waals surface area contributed by atoms with Crippen LogP contribution in [0.15, 0.2) is 27.2 Å². The molecular weight excluding hydrogens is 292 g/mol. The number of halogens is 1. The Morgan fingerprint density at radius 3 is 2.67 bits per heavy atom. The maximum atomic E-state index is 11.7. The highest BCUT2D eigenvalue weighted by atomic mass is 35.5. The molecule has 5 N–H and O–H groups in total. The molecule has 8 heteroatoms. The molecule has 0 spiro atoms. The summed E-state index contributed by atoms with van der Waals surface area (Å²) in [4.78, 5) is 17.8. The number of nitrogens with zero attached hydrogens (tertiary/aromatic N) is 3. The minimum Gasteiger partial charge on any atom is -0.382 e. The molecule has 7 nitrogen and oxygen atoms in total. The monoisotopic (exact) mass is 306 g/mol. The number of nitrogens with one attached hydrogen (secondary N) is 1. The molecular formula is C13H15ClN6O. The Hall–Kier alpha value is -2.41. The molecule has 0 saturated carbocycles. The van der Waals surface area contributed by atoms with E-state index >= 15 is 0 Å². The van der Waals surface area contributed by atoms with E-state index in [2.05, 4.69) is 20.2 Å². The second kappa shape index (κ2) is 5.92. The minimum atomic E-state index is -0.536. The number of benzene rings is 1. The lowest BCUT2D eigenvalue weighted by Crippen LogP contribution is -2.12. The van der Waals surface area contributed by atoms with Gasteiger partial charge in [-0.2, -0.15) is 4.98 Å². The molecule has 1 aromatic heterocycles. The van der Waals surface area contributed by atoms with Gasteiger partial charge in [-0.3, -0.25) is 9.78 Å². The van der Waals surface area contributed by atoms with E-state index in [0.717, 1.165) is 17.5 Å². The number of anilines is 2. The average molecular weight is 307 g/mol. The molecule has 1 aromatic carbocycles. The number of H-pyrrole nitrogens is 1. The highest BCUT2D eigenvalue weighted by Crippen LogP contribution is 2.28. The van der Waals surface area contributed by atoms with E-state index in [1.807, 2.05) is 26.0 Å². The van der Waals surface area contributed by atoms with Gasteiger partial charge in [-0.15, -0.1) is 10.2 Å². The lowest BCUT2D eigenvalue weighted by Gasteiger charge is -2.05. The van der Waals surface area contributed by atoms with Gasteiger partial charge in [0.25, 0.3) is 5.56 Å². The number of hydrogen-bond acceptors (Lipinski definition) is 6. The topological polar surface area (TPSA) is 123 Å². The third-order valence-corrected chi connectivity index (χ3v) is 3.30. The molecule has 0 bridgehead atoms. The number of hydrogen-bond donors (Lipinski definition) is 3. The van der Waals surface area contributed by atoms with Crippen molar-refractivity contribution in [3.8, 4) is 0 Å². The molecule has 110 valence electrons. The highest BCUT2D eigenvalue weighted by Gasteiger charge is 2.08. The summed E-state index contributed by atoms with van der Waals surface area (Å²) in [5, 5.41) is 8.62. The summed E-state index contributed by atoms with van der Waals surface area (Å²) >= 11 is 6.12. The molecule has 1 heterocycles. The van der Waals surface area contributed by atoms with Crippen molar-refractivity contribution in [2.75, 3.05) is 11.5 Å². The van der Waals surface area contributed by atoms with E-state index in [1.54, 1.807) is 0 Å². The summed E-state index contributed by atoms with van der Waals surface area (Å²) in [6.07, 6.45) is 0.772. The Labute approximate surface area is 126 Å². The standard InChI is InChI=1S/C13H15ClN6O/c1-3-7-5-9(6(2)4-8(7)14)19-20-10-11(15)17-13(16)18-12(10)21/h4-5H,3H2,1-2H3,(H5,15,16,17,18,21). The number of nitrogen functional groups attached to an aromatic ring is 2. The van der Waals surface area contributed by atoms with Crippen LogP contribution in [0.3, 0.4) is 0 Å². The van der Waals surface area contributed by atoms with Gasteiger partial charge < -0.3 is 11.5 Å². The van der Waals surface area contributed by atoms with E-state index < -0.39 is 5.56 Å². The normalized spacial score (nSPS) is 11.2. The molecule has 0 aliphatic rings. The lowest BCUT2D eigenvalue weighted by molar-refractivity contribution is 1.09. The fourth-order valence-electron chi connectivity index (χ4n) is 1.79. The molecule has 2 aromatic rings. The number of aromatic amines is 1. The fourth-order valence-corrected chi connectivity index (χ4v) is 2.14. The maximum absolute atomic E-state index is 11.7. The van der Waals surface area contributed by atoms with Crippen molar-refractivity contribution in [1.29, 1.82) is 0 Å². The second-order valence-corrected chi connectivity index (χ2v) is 4.88. The highest BCUT2D eigenvalue weighted by molar-refractivity contribution is 6.31. The van der Waals surface area contributed by atoms with Crippen LogP contribution in [0.1, 0.15) is 18.1 Å². The van der Waals surface area contributed by atoms with Crippen molar-refractivity contribution in [1.82, 2.24) is 9.97 Å². The van der Waals surface area contributed by atoms with Crippen molar-refractivity contribution in [2.45, 2.75) is 20.3 Å². The van der Waals surface area contributed by atoms with Crippen LogP contribution < -0.4 is 17.0 Å². The summed E-state index contributed by atoms with van der Waals surface area (Å²) in [6, 6.07) is 3.64. The predicted octanol–water partition coefficient (Wildman–Crippen LogP) is 2.87. The average Bonchev–Trinajstić information content (AvgIpc) is 2.39. The van der Waals surface area contributed by atoms with Gasteiger partial charge in [0, 0.05) is 5.02 Å². The van der Waals surface area contributed by atoms with Crippen molar-refractivity contribution < 1.29 is 0 Å². The van der Waals surface area contributed by atoms with E-state index in [1.165, 1.54) is 0 Å². The molecule has 0 saturated heterocycles. The van der Waals surface area contributed by atoms with Crippen LogP contribution in [0, 0.1) is 6.92 Å². The maximum Gasteiger partial charge on any atom is 0.282 e. The van der Waals surface area contributed by atoms with Crippen molar-refractivity contribution in [2.24, 2.45) is 10.2 Å². The van der Waals surface area contributed by atoms with Gasteiger partial charge in [-0.05, 0) is 36.6 Å². The zero-order valence-electron chi connectivity index (χ0n) is 11.6. The van der Waals surface area contributed by atoms with Crippen molar-refractivity contribution in [3.05, 3.63) is 38.6 Å². The van der Waals surface area contributed by atoms with E-state index in [9.17, 15) is 4.79 Å².